The van der Waals surface area contributed by atoms with Crippen LogP contribution >= 0.6 is 11.3 Å². The smallest absolute Gasteiger partial charge is 0.263 e. The molecule has 0 aliphatic carbocycles. The van der Waals surface area contributed by atoms with E-state index >= 15 is 0 Å². The van der Waals surface area contributed by atoms with E-state index in [0.717, 1.165) is 27.0 Å². The second-order valence-corrected chi connectivity index (χ2v) is 7.53. The van der Waals surface area contributed by atoms with E-state index < -0.39 is 0 Å². The van der Waals surface area contributed by atoms with E-state index in [1.54, 1.807) is 32.7 Å². The van der Waals surface area contributed by atoms with E-state index in [1.807, 2.05) is 36.4 Å². The van der Waals surface area contributed by atoms with Crippen LogP contribution in [0.25, 0.3) is 21.5 Å². The lowest BCUT2D eigenvalue weighted by Crippen LogP contribution is -2.22. The van der Waals surface area contributed by atoms with Gasteiger partial charge in [-0.05, 0) is 42.0 Å². The third-order valence-corrected chi connectivity index (χ3v) is 5.75. The van der Waals surface area contributed by atoms with Gasteiger partial charge in [-0.3, -0.25) is 9.78 Å². The maximum atomic E-state index is 12.8. The molecule has 1 amide bonds. The van der Waals surface area contributed by atoms with Gasteiger partial charge in [-0.25, -0.2) is 4.98 Å². The Hall–Kier alpha value is -3.65. The van der Waals surface area contributed by atoms with E-state index in [-0.39, 0.29) is 5.91 Å². The van der Waals surface area contributed by atoms with Gasteiger partial charge in [0.1, 0.15) is 21.2 Å². The molecule has 0 aliphatic rings. The van der Waals surface area contributed by atoms with Gasteiger partial charge in [-0.2, -0.15) is 0 Å². The van der Waals surface area contributed by atoms with Gasteiger partial charge >= 0.3 is 0 Å². The van der Waals surface area contributed by atoms with Crippen LogP contribution in [0.5, 0.6) is 11.5 Å². The van der Waals surface area contributed by atoms with Crippen LogP contribution in [0.15, 0.2) is 54.9 Å². The standard InChI is InChI=1S/C22H20N4O3S/c1-28-15-9-13(10-16(11-15)29-2)12-25-21(27)20-19(23)17-3-4-18(26-22(17)30-20)14-5-7-24-8-6-14/h3-11H,12,23H2,1-2H3,(H,25,27). The molecule has 8 heteroatoms. The van der Waals surface area contributed by atoms with Crippen LogP contribution in [0.4, 0.5) is 5.69 Å². The molecule has 152 valence electrons. The Morgan fingerprint density at radius 1 is 1.07 bits per heavy atom. The summed E-state index contributed by atoms with van der Waals surface area (Å²) in [5, 5.41) is 3.68. The number of amides is 1. The summed E-state index contributed by atoms with van der Waals surface area (Å²) in [6.45, 7) is 0.315. The number of nitrogen functional groups attached to an aromatic ring is 1. The number of nitrogens with zero attached hydrogens (tertiary/aromatic N) is 2. The molecule has 3 heterocycles. The first-order chi connectivity index (χ1) is 14.6. The average Bonchev–Trinajstić information content (AvgIpc) is 3.13. The van der Waals surface area contributed by atoms with Crippen molar-refractivity contribution in [2.45, 2.75) is 6.54 Å². The largest absolute Gasteiger partial charge is 0.497 e. The van der Waals surface area contributed by atoms with Gasteiger partial charge in [0.2, 0.25) is 0 Å². The van der Waals surface area contributed by atoms with Gasteiger partial charge in [0.05, 0.1) is 25.6 Å². The van der Waals surface area contributed by atoms with Gasteiger partial charge in [0.25, 0.3) is 5.91 Å². The third kappa shape index (κ3) is 3.90. The number of ether oxygens (including phenoxy) is 2. The second-order valence-electron chi connectivity index (χ2n) is 6.53. The highest BCUT2D eigenvalue weighted by atomic mass is 32.1. The Balaban J connectivity index is 1.57. The molecule has 0 fully saturated rings. The summed E-state index contributed by atoms with van der Waals surface area (Å²) in [5.74, 6) is 1.07. The highest BCUT2D eigenvalue weighted by Crippen LogP contribution is 2.34. The van der Waals surface area contributed by atoms with Crippen molar-refractivity contribution in [1.82, 2.24) is 15.3 Å². The normalized spacial score (nSPS) is 10.7. The lowest BCUT2D eigenvalue weighted by molar-refractivity contribution is 0.0955. The molecule has 4 aromatic rings. The number of carbonyl (C=O) groups is 1. The summed E-state index contributed by atoms with van der Waals surface area (Å²) in [6, 6.07) is 13.0. The molecule has 3 N–H and O–H groups in total. The summed E-state index contributed by atoms with van der Waals surface area (Å²) < 4.78 is 10.5. The molecule has 0 spiro atoms. The zero-order valence-electron chi connectivity index (χ0n) is 16.5. The number of carbonyl (C=O) groups excluding carboxylic acids is 1. The minimum absolute atomic E-state index is 0.247. The number of rotatable bonds is 6. The third-order valence-electron chi connectivity index (χ3n) is 4.64. The van der Waals surface area contributed by atoms with E-state index in [2.05, 4.69) is 15.3 Å². The Morgan fingerprint density at radius 2 is 1.77 bits per heavy atom. The number of nitrogens with two attached hydrogens (primary N) is 1. The fourth-order valence-corrected chi connectivity index (χ4v) is 4.09. The summed E-state index contributed by atoms with van der Waals surface area (Å²) in [6.07, 6.45) is 3.44. The quantitative estimate of drug-likeness (QED) is 0.491. The lowest BCUT2D eigenvalue weighted by Gasteiger charge is -2.09. The van der Waals surface area contributed by atoms with Crippen molar-refractivity contribution in [3.05, 3.63) is 65.3 Å². The van der Waals surface area contributed by atoms with Crippen LogP contribution in [-0.2, 0) is 6.54 Å². The zero-order chi connectivity index (χ0) is 21.1. The molecule has 4 rings (SSSR count). The van der Waals surface area contributed by atoms with Crippen molar-refractivity contribution in [3.63, 3.8) is 0 Å². The van der Waals surface area contributed by atoms with Crippen molar-refractivity contribution in [3.8, 4) is 22.8 Å². The number of pyridine rings is 2. The first-order valence-electron chi connectivity index (χ1n) is 9.18. The van der Waals surface area contributed by atoms with Gasteiger partial charge in [0, 0.05) is 36.0 Å². The van der Waals surface area contributed by atoms with Gasteiger partial charge in [-0.1, -0.05) is 0 Å². The molecule has 0 bridgehead atoms. The highest BCUT2D eigenvalue weighted by Gasteiger charge is 2.18. The SMILES string of the molecule is COc1cc(CNC(=O)c2sc3nc(-c4ccncc4)ccc3c2N)cc(OC)c1. The number of anilines is 1. The van der Waals surface area contributed by atoms with Crippen LogP contribution in [0, 0.1) is 0 Å². The average molecular weight is 420 g/mol. The monoisotopic (exact) mass is 420 g/mol. The lowest BCUT2D eigenvalue weighted by atomic mass is 10.1. The van der Waals surface area contributed by atoms with E-state index in [1.165, 1.54) is 11.3 Å². The number of hydrogen-bond acceptors (Lipinski definition) is 7. The number of nitrogens with one attached hydrogen (secondary N) is 1. The highest BCUT2D eigenvalue weighted by molar-refractivity contribution is 7.21. The Bertz CT molecular complexity index is 1190. The second kappa shape index (κ2) is 8.38. The predicted molar refractivity (Wildman–Crippen MR) is 118 cm³/mol. The number of fused-ring (bicyclic) bond motifs is 1. The number of benzene rings is 1. The summed E-state index contributed by atoms with van der Waals surface area (Å²) >= 11 is 1.28. The van der Waals surface area contributed by atoms with Gasteiger partial charge in [0.15, 0.2) is 0 Å². The van der Waals surface area contributed by atoms with Crippen LogP contribution < -0.4 is 20.5 Å². The molecule has 0 saturated heterocycles. The first-order valence-corrected chi connectivity index (χ1v) is 10.00. The van der Waals surface area contributed by atoms with Crippen molar-refractivity contribution >= 4 is 33.1 Å². The topological polar surface area (TPSA) is 99.4 Å². The van der Waals surface area contributed by atoms with Crippen molar-refractivity contribution < 1.29 is 14.3 Å². The predicted octanol–water partition coefficient (Wildman–Crippen LogP) is 3.89. The molecule has 3 aromatic heterocycles. The first kappa shape index (κ1) is 19.7. The Morgan fingerprint density at radius 3 is 2.43 bits per heavy atom. The minimum Gasteiger partial charge on any atom is -0.497 e. The maximum absolute atomic E-state index is 12.8. The van der Waals surface area contributed by atoms with E-state index in [4.69, 9.17) is 15.2 Å². The number of hydrogen-bond donors (Lipinski definition) is 2. The molecule has 0 atom stereocenters. The molecule has 0 saturated carbocycles. The van der Waals surface area contributed by atoms with Crippen LogP contribution in [0.1, 0.15) is 15.2 Å². The Kier molecular flexibility index (Phi) is 5.49. The van der Waals surface area contributed by atoms with E-state index in [0.29, 0.717) is 28.6 Å². The fourth-order valence-electron chi connectivity index (χ4n) is 3.08. The number of aromatic nitrogens is 2. The Labute approximate surface area is 177 Å². The summed E-state index contributed by atoms with van der Waals surface area (Å²) in [5.41, 5.74) is 9.30. The maximum Gasteiger partial charge on any atom is 0.263 e. The molecule has 0 unspecified atom stereocenters. The summed E-state index contributed by atoms with van der Waals surface area (Å²) in [7, 11) is 3.17. The van der Waals surface area contributed by atoms with Crippen LogP contribution in [-0.4, -0.2) is 30.1 Å². The summed E-state index contributed by atoms with van der Waals surface area (Å²) in [4.78, 5) is 22.7. The van der Waals surface area contributed by atoms with E-state index in [9.17, 15) is 4.79 Å². The molecule has 0 radical (unpaired) electrons. The van der Waals surface area contributed by atoms with Crippen molar-refractivity contribution in [1.29, 1.82) is 0 Å². The zero-order valence-corrected chi connectivity index (χ0v) is 17.3. The molecule has 1 aromatic carbocycles. The number of thiophene rings is 1. The van der Waals surface area contributed by atoms with Crippen molar-refractivity contribution in [2.24, 2.45) is 0 Å². The van der Waals surface area contributed by atoms with Gasteiger partial charge in [-0.15, -0.1) is 11.3 Å². The minimum atomic E-state index is -0.247. The van der Waals surface area contributed by atoms with Crippen molar-refractivity contribution in [2.75, 3.05) is 20.0 Å². The van der Waals surface area contributed by atoms with Crippen LogP contribution in [0.2, 0.25) is 0 Å². The molecule has 0 aliphatic heterocycles. The van der Waals surface area contributed by atoms with Crippen LogP contribution in [0.3, 0.4) is 0 Å². The molecular weight excluding hydrogens is 400 g/mol. The molecule has 7 nitrogen and oxygen atoms in total. The fraction of sp³-hybridized carbons (Fsp3) is 0.136. The van der Waals surface area contributed by atoms with Gasteiger partial charge < -0.3 is 20.5 Å². The molecule has 30 heavy (non-hydrogen) atoms. The molecular formula is C22H20N4O3S. The number of methoxy groups -OCH3 is 2.